The molecular weight excluding hydrogens is 631 g/mol. The van der Waals surface area contributed by atoms with Crippen LogP contribution in [0.2, 0.25) is 0 Å². The Balaban J connectivity index is 0.00000176. The quantitative estimate of drug-likeness (QED) is 0.276. The molecule has 203 valence electrons. The van der Waals surface area contributed by atoms with Crippen molar-refractivity contribution in [3.05, 3.63) is 187 Å². The van der Waals surface area contributed by atoms with Gasteiger partial charge in [-0.2, -0.15) is 0 Å². The first kappa shape index (κ1) is 30.2. The van der Waals surface area contributed by atoms with E-state index in [1.165, 1.54) is 105 Å². The minimum absolute atomic E-state index is 0. The Labute approximate surface area is 275 Å². The molecule has 0 N–H and O–H groups in total. The topological polar surface area (TPSA) is 0 Å². The zero-order valence-electron chi connectivity index (χ0n) is 23.6. The van der Waals surface area contributed by atoms with E-state index in [9.17, 15) is 0 Å². The molecule has 0 atom stereocenters. The Kier molecular flexibility index (Phi) is 9.05. The second-order valence-electron chi connectivity index (χ2n) is 10.7. The number of fused-ring (bicyclic) bond motifs is 2. The molecule has 5 aromatic carbocycles. The summed E-state index contributed by atoms with van der Waals surface area (Å²) in [5.74, 6) is 0. The van der Waals surface area contributed by atoms with Crippen LogP contribution < -0.4 is 35.3 Å². The Bertz CT molecular complexity index is 2030. The second-order valence-corrected chi connectivity index (χ2v) is 11.9. The van der Waals surface area contributed by atoms with Gasteiger partial charge in [0.25, 0.3) is 0 Å². The number of allylic oxidation sites excluding steroid dienone is 4. The zero-order chi connectivity index (χ0) is 27.2. The van der Waals surface area contributed by atoms with Gasteiger partial charge in [-0.15, -0.1) is 0 Å². The fourth-order valence-electron chi connectivity index (χ4n) is 6.58. The van der Waals surface area contributed by atoms with Gasteiger partial charge in [-0.3, -0.25) is 0 Å². The van der Waals surface area contributed by atoms with Gasteiger partial charge in [-0.1, -0.05) is 0 Å². The van der Waals surface area contributed by atoms with Crippen LogP contribution in [0.1, 0.15) is 45.4 Å². The molecule has 0 saturated carbocycles. The minimum atomic E-state index is 0. The van der Waals surface area contributed by atoms with Crippen molar-refractivity contribution in [2.75, 3.05) is 0 Å². The number of aryl methyl sites for hydroxylation is 2. The van der Waals surface area contributed by atoms with Gasteiger partial charge in [-0.05, 0) is 0 Å². The summed E-state index contributed by atoms with van der Waals surface area (Å²) >= 11 is 1.45. The van der Waals surface area contributed by atoms with Crippen LogP contribution in [0.3, 0.4) is 0 Å². The Morgan fingerprint density at radius 1 is 0.548 bits per heavy atom. The molecule has 0 amide bonds. The summed E-state index contributed by atoms with van der Waals surface area (Å²) in [7, 11) is 0. The zero-order valence-corrected chi connectivity index (χ0v) is 27.6. The molecule has 5 aromatic rings. The standard InChI is InChI=1S/C39H29.2ClH.Zr/c1-26-13-11-14-27(2)37(26)33-21-12-22-34(33)39-35(24-23-32-31-20-10-9-19-30(31)25-36(32)39)38(28-15-5-3-6-16-28)29-17-7-4-8-18-29;;;/h3-21,23-24H,22H2,1-2H3;2*1H;/q;;;+2/p-2. The first-order chi connectivity index (χ1) is 19.6. The van der Waals surface area contributed by atoms with E-state index in [1.54, 1.807) is 0 Å². The van der Waals surface area contributed by atoms with Crippen LogP contribution in [0, 0.1) is 24.3 Å². The molecule has 42 heavy (non-hydrogen) atoms. The van der Waals surface area contributed by atoms with Crippen LogP contribution in [-0.4, -0.2) is 0 Å². The predicted molar refractivity (Wildman–Crippen MR) is 163 cm³/mol. The molecule has 0 nitrogen and oxygen atoms in total. The third-order valence-electron chi connectivity index (χ3n) is 8.32. The molecule has 0 radical (unpaired) electrons. The van der Waals surface area contributed by atoms with Gasteiger partial charge in [0.2, 0.25) is 0 Å². The van der Waals surface area contributed by atoms with E-state index in [1.807, 2.05) is 0 Å². The summed E-state index contributed by atoms with van der Waals surface area (Å²) in [6.07, 6.45) is 5.65. The third kappa shape index (κ3) is 5.03. The van der Waals surface area contributed by atoms with Crippen molar-refractivity contribution in [2.45, 2.75) is 20.3 Å². The molecule has 0 aromatic heterocycles. The number of halogens is 2. The van der Waals surface area contributed by atoms with E-state index >= 15 is 0 Å². The number of benzene rings is 5. The molecule has 0 heterocycles. The fourth-order valence-corrected chi connectivity index (χ4v) is 7.76. The Hall–Kier alpha value is -3.22. The summed E-state index contributed by atoms with van der Waals surface area (Å²) in [6, 6.07) is 42.2. The summed E-state index contributed by atoms with van der Waals surface area (Å²) in [4.78, 5) is 0. The van der Waals surface area contributed by atoms with Gasteiger partial charge in [0.1, 0.15) is 0 Å². The molecule has 0 saturated heterocycles. The molecule has 7 rings (SSSR count). The smallest absolute Gasteiger partial charge is 1.00 e. The van der Waals surface area contributed by atoms with Crippen molar-refractivity contribution in [2.24, 2.45) is 0 Å². The van der Waals surface area contributed by atoms with Gasteiger partial charge in [0, 0.05) is 0 Å². The number of hydrogen-bond acceptors (Lipinski definition) is 0. The molecule has 0 spiro atoms. The van der Waals surface area contributed by atoms with E-state index in [2.05, 4.69) is 141 Å². The second kappa shape index (κ2) is 12.6. The van der Waals surface area contributed by atoms with E-state index in [-0.39, 0.29) is 24.8 Å². The predicted octanol–water partition coefficient (Wildman–Crippen LogP) is 1.73. The van der Waals surface area contributed by atoms with Crippen molar-refractivity contribution in [3.8, 4) is 0 Å². The maximum absolute atomic E-state index is 2.39. The monoisotopic (exact) mass is 657 g/mol. The van der Waals surface area contributed by atoms with Gasteiger partial charge < -0.3 is 24.8 Å². The van der Waals surface area contributed by atoms with E-state index in [0.29, 0.717) is 0 Å². The van der Waals surface area contributed by atoms with Crippen molar-refractivity contribution in [1.29, 1.82) is 0 Å². The van der Waals surface area contributed by atoms with E-state index < -0.39 is 0 Å². The van der Waals surface area contributed by atoms with Gasteiger partial charge in [-0.25, -0.2) is 0 Å². The molecule has 0 fully saturated rings. The van der Waals surface area contributed by atoms with Crippen LogP contribution in [0.5, 0.6) is 0 Å². The number of rotatable bonds is 4. The Morgan fingerprint density at radius 2 is 1.12 bits per heavy atom. The maximum atomic E-state index is 2.39. The first-order valence-electron chi connectivity index (χ1n) is 13.9. The van der Waals surface area contributed by atoms with Crippen LogP contribution in [0.15, 0.2) is 127 Å². The van der Waals surface area contributed by atoms with Gasteiger partial charge in [0.05, 0.1) is 0 Å². The molecule has 0 bridgehead atoms. The fraction of sp³-hybridized carbons (Fsp3) is 0.0769. The van der Waals surface area contributed by atoms with Gasteiger partial charge in [0.15, 0.2) is 0 Å². The molecule has 2 aliphatic carbocycles. The molecule has 2 aliphatic rings. The SMILES string of the molecule is Cc1cccc(C)c1C1=C(c2c3c(ccc2=C(c2ccccc2)c2ccccc2)=c2ccccc2=[C]3[Zr+2])CC=C1.[Cl-].[Cl-]. The normalized spacial score (nSPS) is 12.9. The summed E-state index contributed by atoms with van der Waals surface area (Å²) < 4.78 is 1.45. The molecular formula is C39H29Cl2Zr. The summed E-state index contributed by atoms with van der Waals surface area (Å²) in [5, 5.41) is 5.42. The van der Waals surface area contributed by atoms with Crippen molar-refractivity contribution >= 4 is 20.0 Å². The third-order valence-corrected chi connectivity index (χ3v) is 9.60. The van der Waals surface area contributed by atoms with Crippen LogP contribution in [0.4, 0.5) is 0 Å². The van der Waals surface area contributed by atoms with Crippen LogP contribution >= 0.6 is 0 Å². The van der Waals surface area contributed by atoms with E-state index in [0.717, 1.165) is 6.42 Å². The first-order valence-corrected chi connectivity index (χ1v) is 15.2. The minimum Gasteiger partial charge on any atom is -1.00 e. The molecule has 0 unspecified atom stereocenters. The molecule has 3 heteroatoms. The number of hydrogen-bond donors (Lipinski definition) is 0. The van der Waals surface area contributed by atoms with Crippen LogP contribution in [-0.2, 0) is 24.7 Å². The van der Waals surface area contributed by atoms with Crippen molar-refractivity contribution < 1.29 is 49.5 Å². The summed E-state index contributed by atoms with van der Waals surface area (Å²) in [5.41, 5.74) is 13.4. The largest absolute Gasteiger partial charge is 1.00 e. The average Bonchev–Trinajstić information content (AvgIpc) is 3.57. The Morgan fingerprint density at radius 3 is 1.74 bits per heavy atom. The van der Waals surface area contributed by atoms with Gasteiger partial charge >= 0.3 is 252 Å². The molecule has 0 aliphatic heterocycles. The van der Waals surface area contributed by atoms with Crippen molar-refractivity contribution in [1.82, 2.24) is 0 Å². The summed E-state index contributed by atoms with van der Waals surface area (Å²) in [6.45, 7) is 4.50. The average molecular weight is 660 g/mol. The van der Waals surface area contributed by atoms with Crippen molar-refractivity contribution in [3.63, 3.8) is 0 Å². The van der Waals surface area contributed by atoms with Crippen LogP contribution in [0.25, 0.3) is 20.0 Å². The maximum Gasteiger partial charge on any atom is -1.00 e. The van der Waals surface area contributed by atoms with E-state index in [4.69, 9.17) is 0 Å².